The number of aliphatic carboxylic acids is 1. The first-order chi connectivity index (χ1) is 9.49. The lowest BCUT2D eigenvalue weighted by Crippen LogP contribution is -2.34. The second kappa shape index (κ2) is 5.81. The highest BCUT2D eigenvalue weighted by molar-refractivity contribution is 5.95. The standard InChI is InChI=1S/C14H13F2NO3/c15-8-5-6-12(11(16)7-8)17-13(18)9-3-1-2-4-10(9)14(19)20/h1-2,5-7,9-10H,3-4H2,(H,17,18)(H,19,20)/t9-,10+/m0/s1. The Morgan fingerprint density at radius 3 is 2.40 bits per heavy atom. The summed E-state index contributed by atoms with van der Waals surface area (Å²) in [4.78, 5) is 23.1. The number of carbonyl (C=O) groups excluding carboxylic acids is 1. The molecule has 106 valence electrons. The van der Waals surface area contributed by atoms with E-state index in [0.717, 1.165) is 12.1 Å². The molecule has 1 aromatic rings. The number of allylic oxidation sites excluding steroid dienone is 2. The average Bonchev–Trinajstić information content (AvgIpc) is 2.41. The molecule has 0 fully saturated rings. The molecule has 0 radical (unpaired) electrons. The van der Waals surface area contributed by atoms with Crippen LogP contribution in [-0.2, 0) is 9.59 Å². The molecular weight excluding hydrogens is 268 g/mol. The summed E-state index contributed by atoms with van der Waals surface area (Å²) in [6.45, 7) is 0. The third-order valence-electron chi connectivity index (χ3n) is 3.28. The average molecular weight is 281 g/mol. The Balaban J connectivity index is 2.14. The highest BCUT2D eigenvalue weighted by Gasteiger charge is 2.34. The van der Waals surface area contributed by atoms with Crippen molar-refractivity contribution >= 4 is 17.6 Å². The maximum absolute atomic E-state index is 13.4. The van der Waals surface area contributed by atoms with Gasteiger partial charge in [-0.05, 0) is 25.0 Å². The number of rotatable bonds is 3. The fraction of sp³-hybridized carbons (Fsp3) is 0.286. The van der Waals surface area contributed by atoms with Gasteiger partial charge in [0.15, 0.2) is 0 Å². The van der Waals surface area contributed by atoms with Crippen molar-refractivity contribution in [2.45, 2.75) is 12.8 Å². The largest absolute Gasteiger partial charge is 0.481 e. The molecule has 0 saturated carbocycles. The quantitative estimate of drug-likeness (QED) is 0.837. The third kappa shape index (κ3) is 3.01. The highest BCUT2D eigenvalue weighted by atomic mass is 19.1. The van der Waals surface area contributed by atoms with E-state index in [1.165, 1.54) is 0 Å². The molecule has 0 aliphatic heterocycles. The van der Waals surface area contributed by atoms with Crippen LogP contribution in [0.2, 0.25) is 0 Å². The highest BCUT2D eigenvalue weighted by Crippen LogP contribution is 2.27. The van der Waals surface area contributed by atoms with Crippen LogP contribution in [0.3, 0.4) is 0 Å². The normalized spacial score (nSPS) is 21.5. The topological polar surface area (TPSA) is 66.4 Å². The van der Waals surface area contributed by atoms with E-state index in [9.17, 15) is 18.4 Å². The van der Waals surface area contributed by atoms with Crippen molar-refractivity contribution in [2.24, 2.45) is 11.8 Å². The Kier molecular flexibility index (Phi) is 4.12. The first-order valence-corrected chi connectivity index (χ1v) is 6.12. The lowest BCUT2D eigenvalue weighted by Gasteiger charge is -2.24. The molecular formula is C14H13F2NO3. The Morgan fingerprint density at radius 1 is 1.15 bits per heavy atom. The molecule has 0 spiro atoms. The Morgan fingerprint density at radius 2 is 1.80 bits per heavy atom. The van der Waals surface area contributed by atoms with E-state index in [1.807, 2.05) is 0 Å². The summed E-state index contributed by atoms with van der Waals surface area (Å²) in [7, 11) is 0. The monoisotopic (exact) mass is 281 g/mol. The molecule has 1 aliphatic rings. The maximum Gasteiger partial charge on any atom is 0.307 e. The van der Waals surface area contributed by atoms with Crippen molar-refractivity contribution in [1.82, 2.24) is 0 Å². The predicted octanol–water partition coefficient (Wildman–Crippen LogP) is 2.57. The van der Waals surface area contributed by atoms with Gasteiger partial charge in [0.05, 0.1) is 17.5 Å². The van der Waals surface area contributed by atoms with Gasteiger partial charge in [0.25, 0.3) is 0 Å². The zero-order chi connectivity index (χ0) is 14.7. The molecule has 4 nitrogen and oxygen atoms in total. The number of anilines is 1. The summed E-state index contributed by atoms with van der Waals surface area (Å²) >= 11 is 0. The SMILES string of the molecule is O=C(Nc1ccc(F)cc1F)[C@H]1CC=CC[C@H]1C(=O)O. The van der Waals surface area contributed by atoms with Crippen LogP contribution < -0.4 is 5.32 Å². The van der Waals surface area contributed by atoms with Crippen LogP contribution in [0.4, 0.5) is 14.5 Å². The van der Waals surface area contributed by atoms with Gasteiger partial charge >= 0.3 is 5.97 Å². The lowest BCUT2D eigenvalue weighted by atomic mass is 9.82. The van der Waals surface area contributed by atoms with Crippen molar-refractivity contribution in [3.8, 4) is 0 Å². The molecule has 1 amide bonds. The van der Waals surface area contributed by atoms with Crippen LogP contribution >= 0.6 is 0 Å². The van der Waals surface area contributed by atoms with E-state index < -0.39 is 35.3 Å². The van der Waals surface area contributed by atoms with Gasteiger partial charge in [0, 0.05) is 6.07 Å². The third-order valence-corrected chi connectivity index (χ3v) is 3.28. The van der Waals surface area contributed by atoms with Crippen LogP contribution in [0.25, 0.3) is 0 Å². The first-order valence-electron chi connectivity index (χ1n) is 6.12. The van der Waals surface area contributed by atoms with E-state index >= 15 is 0 Å². The minimum atomic E-state index is -1.06. The minimum Gasteiger partial charge on any atom is -0.481 e. The van der Waals surface area contributed by atoms with E-state index in [1.54, 1.807) is 12.2 Å². The van der Waals surface area contributed by atoms with Crippen molar-refractivity contribution < 1.29 is 23.5 Å². The summed E-state index contributed by atoms with van der Waals surface area (Å²) in [6.07, 6.45) is 3.98. The van der Waals surface area contributed by atoms with E-state index in [4.69, 9.17) is 5.11 Å². The lowest BCUT2D eigenvalue weighted by molar-refractivity contribution is -0.146. The van der Waals surface area contributed by atoms with Crippen LogP contribution in [-0.4, -0.2) is 17.0 Å². The van der Waals surface area contributed by atoms with Gasteiger partial charge in [-0.1, -0.05) is 12.2 Å². The smallest absolute Gasteiger partial charge is 0.307 e. The summed E-state index contributed by atoms with van der Waals surface area (Å²) in [5.41, 5.74) is -0.157. The van der Waals surface area contributed by atoms with Crippen molar-refractivity contribution in [3.63, 3.8) is 0 Å². The number of carbonyl (C=O) groups is 2. The molecule has 2 rings (SSSR count). The maximum atomic E-state index is 13.4. The zero-order valence-electron chi connectivity index (χ0n) is 10.5. The van der Waals surface area contributed by atoms with Gasteiger partial charge in [-0.2, -0.15) is 0 Å². The summed E-state index contributed by atoms with van der Waals surface area (Å²) in [5, 5.41) is 11.4. The van der Waals surface area contributed by atoms with Gasteiger partial charge in [-0.15, -0.1) is 0 Å². The minimum absolute atomic E-state index is 0.157. The van der Waals surface area contributed by atoms with Gasteiger partial charge in [0.2, 0.25) is 5.91 Å². The van der Waals surface area contributed by atoms with E-state index in [0.29, 0.717) is 6.07 Å². The second-order valence-corrected chi connectivity index (χ2v) is 4.61. The van der Waals surface area contributed by atoms with Crippen molar-refractivity contribution in [3.05, 3.63) is 42.0 Å². The molecule has 0 unspecified atom stereocenters. The second-order valence-electron chi connectivity index (χ2n) is 4.61. The Hall–Kier alpha value is -2.24. The number of nitrogens with one attached hydrogen (secondary N) is 1. The van der Waals surface area contributed by atoms with Crippen LogP contribution in [0.15, 0.2) is 30.4 Å². The fourth-order valence-electron chi connectivity index (χ4n) is 2.19. The van der Waals surface area contributed by atoms with Crippen LogP contribution in [0, 0.1) is 23.5 Å². The number of hydrogen-bond donors (Lipinski definition) is 2. The van der Waals surface area contributed by atoms with Crippen LogP contribution in [0.5, 0.6) is 0 Å². The van der Waals surface area contributed by atoms with Crippen LogP contribution in [0.1, 0.15) is 12.8 Å². The van der Waals surface area contributed by atoms with Crippen molar-refractivity contribution in [1.29, 1.82) is 0 Å². The molecule has 1 aromatic carbocycles. The van der Waals surface area contributed by atoms with Gasteiger partial charge in [-0.25, -0.2) is 8.78 Å². The van der Waals surface area contributed by atoms with Crippen molar-refractivity contribution in [2.75, 3.05) is 5.32 Å². The van der Waals surface area contributed by atoms with Gasteiger partial charge in [-0.3, -0.25) is 9.59 Å². The Bertz CT molecular complexity index is 572. The number of amides is 1. The molecule has 0 saturated heterocycles. The summed E-state index contributed by atoms with van der Waals surface area (Å²) in [6, 6.07) is 2.79. The zero-order valence-corrected chi connectivity index (χ0v) is 10.5. The molecule has 20 heavy (non-hydrogen) atoms. The van der Waals surface area contributed by atoms with Gasteiger partial charge in [0.1, 0.15) is 11.6 Å². The molecule has 0 aromatic heterocycles. The number of carboxylic acids is 1. The molecule has 2 atom stereocenters. The fourth-order valence-corrected chi connectivity index (χ4v) is 2.19. The molecule has 0 heterocycles. The van der Waals surface area contributed by atoms with E-state index in [-0.39, 0.29) is 18.5 Å². The molecule has 6 heteroatoms. The summed E-state index contributed by atoms with van der Waals surface area (Å²) in [5.74, 6) is -4.87. The summed E-state index contributed by atoms with van der Waals surface area (Å²) < 4.78 is 26.2. The molecule has 0 bridgehead atoms. The van der Waals surface area contributed by atoms with Gasteiger partial charge < -0.3 is 10.4 Å². The van der Waals surface area contributed by atoms with E-state index in [2.05, 4.69) is 5.32 Å². The number of halogens is 2. The number of carboxylic acid groups (broad SMARTS) is 1. The predicted molar refractivity (Wildman–Crippen MR) is 68.0 cm³/mol. The molecule has 2 N–H and O–H groups in total. The number of benzene rings is 1. The number of hydrogen-bond acceptors (Lipinski definition) is 2. The molecule has 1 aliphatic carbocycles. The first kappa shape index (κ1) is 14.2. The Labute approximate surface area is 114 Å².